The van der Waals surface area contributed by atoms with Gasteiger partial charge < -0.3 is 16.0 Å². The number of nitrogens with zero attached hydrogens (tertiary/aromatic N) is 1. The molecule has 6 heteroatoms. The van der Waals surface area contributed by atoms with Gasteiger partial charge in [0.05, 0.1) is 6.54 Å². The van der Waals surface area contributed by atoms with Crippen molar-refractivity contribution in [3.63, 3.8) is 0 Å². The van der Waals surface area contributed by atoms with Gasteiger partial charge in [0.25, 0.3) is 0 Å². The molecule has 0 unspecified atom stereocenters. The van der Waals surface area contributed by atoms with Crippen molar-refractivity contribution in [3.05, 3.63) is 12.7 Å². The number of rotatable bonds is 5. The third kappa shape index (κ3) is 6.65. The fraction of sp³-hybridized carbons (Fsp3) is 0.600. The maximum absolute atomic E-state index is 11.2. The van der Waals surface area contributed by atoms with E-state index in [4.69, 9.17) is 0 Å². The van der Waals surface area contributed by atoms with Gasteiger partial charge >= 0.3 is 0 Å². The first-order chi connectivity index (χ1) is 7.26. The Morgan fingerprint density at radius 2 is 2.19 bits per heavy atom. The average molecular weight is 338 g/mol. The molecule has 0 aromatic rings. The number of carbonyl (C=O) groups is 1. The molecule has 1 aliphatic carbocycles. The molecule has 0 heterocycles. The Kier molecular flexibility index (Phi) is 7.96. The Bertz CT molecular complexity index is 264. The Balaban J connectivity index is 0.00000225. The number of hydrogen-bond donors (Lipinski definition) is 3. The molecule has 0 saturated heterocycles. The molecule has 1 saturated carbocycles. The van der Waals surface area contributed by atoms with E-state index in [0.717, 1.165) is 0 Å². The summed E-state index contributed by atoms with van der Waals surface area (Å²) < 4.78 is 0. The minimum Gasteiger partial charge on any atom is -0.354 e. The van der Waals surface area contributed by atoms with Crippen LogP contribution in [0.4, 0.5) is 0 Å². The molecule has 1 fully saturated rings. The molecule has 0 aliphatic heterocycles. The molecule has 1 rings (SSSR count). The highest BCUT2D eigenvalue weighted by Crippen LogP contribution is 2.18. The number of halogens is 1. The maximum atomic E-state index is 11.2. The standard InChI is InChI=1S/C10H18N4O.HI/c1-3-6-12-9(15)7-13-10(11-2)14-8-4-5-8;/h3,8H,1,4-7H2,2H3,(H,12,15)(H2,11,13,14);1H. The molecular formula is C10H19IN4O. The highest BCUT2D eigenvalue weighted by atomic mass is 127. The number of hydrogen-bond acceptors (Lipinski definition) is 2. The SMILES string of the molecule is C=CCNC(=O)CNC(=NC)NC1CC1.I. The van der Waals surface area contributed by atoms with Crippen molar-refractivity contribution in [2.24, 2.45) is 4.99 Å². The van der Waals surface area contributed by atoms with Crippen molar-refractivity contribution in [3.8, 4) is 0 Å². The molecule has 16 heavy (non-hydrogen) atoms. The van der Waals surface area contributed by atoms with Crippen LogP contribution in [0.1, 0.15) is 12.8 Å². The molecule has 0 atom stereocenters. The highest BCUT2D eigenvalue weighted by Gasteiger charge is 2.22. The first-order valence-corrected chi connectivity index (χ1v) is 5.11. The molecule has 1 aliphatic rings. The number of carbonyl (C=O) groups excluding carboxylic acids is 1. The van der Waals surface area contributed by atoms with E-state index in [2.05, 4.69) is 27.5 Å². The molecule has 5 nitrogen and oxygen atoms in total. The summed E-state index contributed by atoms with van der Waals surface area (Å²) in [6, 6.07) is 0.535. The summed E-state index contributed by atoms with van der Waals surface area (Å²) in [5, 5.41) is 8.81. The smallest absolute Gasteiger partial charge is 0.239 e. The van der Waals surface area contributed by atoms with Crippen molar-refractivity contribution in [2.75, 3.05) is 20.1 Å². The first kappa shape index (κ1) is 15.2. The van der Waals surface area contributed by atoms with E-state index >= 15 is 0 Å². The number of aliphatic imine (C=N–C) groups is 1. The molecular weight excluding hydrogens is 319 g/mol. The summed E-state index contributed by atoms with van der Waals surface area (Å²) in [6.45, 7) is 4.25. The Labute approximate surface area is 113 Å². The maximum Gasteiger partial charge on any atom is 0.239 e. The van der Waals surface area contributed by atoms with E-state index < -0.39 is 0 Å². The van der Waals surface area contributed by atoms with Crippen molar-refractivity contribution in [1.82, 2.24) is 16.0 Å². The predicted molar refractivity (Wildman–Crippen MR) is 76.1 cm³/mol. The molecule has 0 aromatic carbocycles. The second kappa shape index (κ2) is 8.37. The van der Waals surface area contributed by atoms with Gasteiger partial charge in [-0.1, -0.05) is 6.08 Å². The molecule has 0 bridgehead atoms. The third-order valence-corrected chi connectivity index (χ3v) is 2.00. The minimum absolute atomic E-state index is 0. The average Bonchev–Trinajstić information content (AvgIpc) is 3.04. The van der Waals surface area contributed by atoms with Gasteiger partial charge in [-0.3, -0.25) is 9.79 Å². The number of amides is 1. The van der Waals surface area contributed by atoms with E-state index in [1.165, 1.54) is 12.8 Å². The minimum atomic E-state index is -0.0614. The summed E-state index contributed by atoms with van der Waals surface area (Å²) in [7, 11) is 1.69. The van der Waals surface area contributed by atoms with Gasteiger partial charge in [0, 0.05) is 19.6 Å². The fourth-order valence-electron chi connectivity index (χ4n) is 1.03. The van der Waals surface area contributed by atoms with Gasteiger partial charge in [-0.2, -0.15) is 0 Å². The van der Waals surface area contributed by atoms with Gasteiger partial charge in [-0.15, -0.1) is 30.6 Å². The summed E-state index contributed by atoms with van der Waals surface area (Å²) in [5.74, 6) is 0.625. The Hall–Kier alpha value is -0.790. The van der Waals surface area contributed by atoms with Crippen LogP contribution in [0.25, 0.3) is 0 Å². The van der Waals surface area contributed by atoms with Crippen LogP contribution in [0, 0.1) is 0 Å². The molecule has 1 amide bonds. The van der Waals surface area contributed by atoms with Gasteiger partial charge in [0.1, 0.15) is 0 Å². The molecule has 0 spiro atoms. The molecule has 0 aromatic heterocycles. The van der Waals surface area contributed by atoms with E-state index in [-0.39, 0.29) is 36.4 Å². The predicted octanol–water partition coefficient (Wildman–Crippen LogP) is 0.234. The Morgan fingerprint density at radius 3 is 2.69 bits per heavy atom. The van der Waals surface area contributed by atoms with Crippen LogP contribution in [0.5, 0.6) is 0 Å². The van der Waals surface area contributed by atoms with Crippen LogP contribution in [0.3, 0.4) is 0 Å². The monoisotopic (exact) mass is 338 g/mol. The Morgan fingerprint density at radius 1 is 1.50 bits per heavy atom. The van der Waals surface area contributed by atoms with Gasteiger partial charge in [0.15, 0.2) is 5.96 Å². The van der Waals surface area contributed by atoms with Crippen LogP contribution in [-0.4, -0.2) is 38.0 Å². The largest absolute Gasteiger partial charge is 0.354 e. The van der Waals surface area contributed by atoms with Crippen LogP contribution < -0.4 is 16.0 Å². The molecule has 3 N–H and O–H groups in total. The number of guanidine groups is 1. The lowest BCUT2D eigenvalue weighted by Gasteiger charge is -2.10. The summed E-state index contributed by atoms with van der Waals surface area (Å²) in [6.07, 6.45) is 4.02. The van der Waals surface area contributed by atoms with Crippen LogP contribution in [-0.2, 0) is 4.79 Å². The lowest BCUT2D eigenvalue weighted by Crippen LogP contribution is -2.43. The van der Waals surface area contributed by atoms with E-state index in [1.807, 2.05) is 0 Å². The highest BCUT2D eigenvalue weighted by molar-refractivity contribution is 14.0. The van der Waals surface area contributed by atoms with Gasteiger partial charge in [-0.25, -0.2) is 0 Å². The zero-order chi connectivity index (χ0) is 11.1. The van der Waals surface area contributed by atoms with Crippen LogP contribution in [0.2, 0.25) is 0 Å². The van der Waals surface area contributed by atoms with E-state index in [9.17, 15) is 4.79 Å². The summed E-state index contributed by atoms with van der Waals surface area (Å²) in [4.78, 5) is 15.2. The lowest BCUT2D eigenvalue weighted by atomic mass is 10.5. The van der Waals surface area contributed by atoms with Crippen molar-refractivity contribution >= 4 is 35.8 Å². The van der Waals surface area contributed by atoms with Crippen molar-refractivity contribution in [1.29, 1.82) is 0 Å². The van der Waals surface area contributed by atoms with E-state index in [0.29, 0.717) is 18.5 Å². The van der Waals surface area contributed by atoms with Gasteiger partial charge in [0.2, 0.25) is 5.91 Å². The molecule has 0 radical (unpaired) electrons. The van der Waals surface area contributed by atoms with Crippen LogP contribution in [0.15, 0.2) is 17.6 Å². The van der Waals surface area contributed by atoms with Crippen LogP contribution >= 0.6 is 24.0 Å². The third-order valence-electron chi connectivity index (χ3n) is 2.00. The quantitative estimate of drug-likeness (QED) is 0.291. The fourth-order valence-corrected chi connectivity index (χ4v) is 1.03. The zero-order valence-electron chi connectivity index (χ0n) is 9.45. The molecule has 92 valence electrons. The lowest BCUT2D eigenvalue weighted by molar-refractivity contribution is -0.119. The second-order valence-electron chi connectivity index (χ2n) is 3.44. The van der Waals surface area contributed by atoms with Gasteiger partial charge in [-0.05, 0) is 12.8 Å². The second-order valence-corrected chi connectivity index (χ2v) is 3.44. The summed E-state index contributed by atoms with van der Waals surface area (Å²) >= 11 is 0. The zero-order valence-corrected chi connectivity index (χ0v) is 11.8. The normalized spacial score (nSPS) is 14.7. The number of nitrogens with one attached hydrogen (secondary N) is 3. The van der Waals surface area contributed by atoms with Crippen molar-refractivity contribution < 1.29 is 4.79 Å². The van der Waals surface area contributed by atoms with Crippen molar-refractivity contribution in [2.45, 2.75) is 18.9 Å². The first-order valence-electron chi connectivity index (χ1n) is 5.11. The summed E-state index contributed by atoms with van der Waals surface area (Å²) in [5.41, 5.74) is 0. The topological polar surface area (TPSA) is 65.5 Å². The van der Waals surface area contributed by atoms with E-state index in [1.54, 1.807) is 13.1 Å².